The van der Waals surface area contributed by atoms with Gasteiger partial charge in [-0.3, -0.25) is 0 Å². The normalized spacial score (nSPS) is 10.3. The molecule has 4 heteroatoms. The van der Waals surface area contributed by atoms with Crippen LogP contribution in [0.25, 0.3) is 0 Å². The minimum Gasteiger partial charge on any atom is -0.478 e. The molecule has 2 aromatic rings. The quantitative estimate of drug-likeness (QED) is 0.776. The van der Waals surface area contributed by atoms with Crippen molar-refractivity contribution in [3.8, 4) is 5.88 Å². The highest BCUT2D eigenvalue weighted by Gasteiger charge is 2.04. The monoisotopic (exact) mass is 262 g/mol. The Morgan fingerprint density at radius 1 is 1.11 bits per heavy atom. The first kappa shape index (κ1) is 12.8. The van der Waals surface area contributed by atoms with Gasteiger partial charge in [-0.2, -0.15) is 4.98 Å². The molecule has 0 bridgehead atoms. The summed E-state index contributed by atoms with van der Waals surface area (Å²) in [7, 11) is 0. The predicted octanol–water partition coefficient (Wildman–Crippen LogP) is 3.31. The zero-order valence-electron chi connectivity index (χ0n) is 10.3. The Balaban J connectivity index is 2.05. The van der Waals surface area contributed by atoms with E-state index in [1.807, 2.05) is 25.1 Å². The van der Waals surface area contributed by atoms with Gasteiger partial charge < -0.3 is 4.74 Å². The number of rotatable bonds is 5. The Kier molecular flexibility index (Phi) is 4.53. The molecule has 1 heterocycles. The van der Waals surface area contributed by atoms with Crippen molar-refractivity contribution in [1.29, 1.82) is 0 Å². The van der Waals surface area contributed by atoms with Gasteiger partial charge in [-0.15, -0.1) is 0 Å². The molecule has 3 nitrogen and oxygen atoms in total. The van der Waals surface area contributed by atoms with E-state index in [1.54, 1.807) is 6.07 Å². The van der Waals surface area contributed by atoms with E-state index in [-0.39, 0.29) is 0 Å². The van der Waals surface area contributed by atoms with E-state index < -0.39 is 0 Å². The molecule has 0 unspecified atom stereocenters. The first-order valence-corrected chi connectivity index (χ1v) is 6.36. The number of nitrogens with zero attached hydrogens (tertiary/aromatic N) is 2. The van der Waals surface area contributed by atoms with Gasteiger partial charge in [-0.1, -0.05) is 41.9 Å². The molecule has 0 N–H and O–H groups in total. The summed E-state index contributed by atoms with van der Waals surface area (Å²) in [5.74, 6) is 1.26. The molecule has 18 heavy (non-hydrogen) atoms. The summed E-state index contributed by atoms with van der Waals surface area (Å²) in [5, 5.41) is 0.427. The Morgan fingerprint density at radius 3 is 2.61 bits per heavy atom. The highest BCUT2D eigenvalue weighted by Crippen LogP contribution is 2.15. The van der Waals surface area contributed by atoms with Gasteiger partial charge in [0.1, 0.15) is 11.0 Å². The van der Waals surface area contributed by atoms with Crippen LogP contribution in [0.5, 0.6) is 5.88 Å². The molecule has 94 valence electrons. The maximum Gasteiger partial charge on any atom is 0.218 e. The molecule has 0 fully saturated rings. The summed E-state index contributed by atoms with van der Waals surface area (Å²) in [5.41, 5.74) is 1.26. The van der Waals surface area contributed by atoms with Crippen LogP contribution in [-0.2, 0) is 12.8 Å². The van der Waals surface area contributed by atoms with Gasteiger partial charge >= 0.3 is 0 Å². The summed E-state index contributed by atoms with van der Waals surface area (Å²) < 4.78 is 5.34. The molecule has 0 radical (unpaired) electrons. The van der Waals surface area contributed by atoms with Crippen molar-refractivity contribution in [2.75, 3.05) is 6.61 Å². The summed E-state index contributed by atoms with van der Waals surface area (Å²) in [6.07, 6.45) is 1.65. The second-order valence-corrected chi connectivity index (χ2v) is 4.25. The molecular formula is C14H15ClN2O. The second-order valence-electron chi connectivity index (χ2n) is 3.86. The smallest absolute Gasteiger partial charge is 0.218 e. The zero-order chi connectivity index (χ0) is 12.8. The van der Waals surface area contributed by atoms with Gasteiger partial charge in [0.2, 0.25) is 5.88 Å². The number of aromatic nitrogens is 2. The third kappa shape index (κ3) is 3.70. The third-order valence-electron chi connectivity index (χ3n) is 2.49. The van der Waals surface area contributed by atoms with E-state index in [2.05, 4.69) is 22.1 Å². The molecule has 0 aliphatic heterocycles. The van der Waals surface area contributed by atoms with Gasteiger partial charge in [-0.25, -0.2) is 4.98 Å². The molecular weight excluding hydrogens is 248 g/mol. The lowest BCUT2D eigenvalue weighted by atomic mass is 10.1. The van der Waals surface area contributed by atoms with E-state index in [0.717, 1.165) is 18.7 Å². The fourth-order valence-corrected chi connectivity index (χ4v) is 1.87. The molecule has 2 rings (SSSR count). The van der Waals surface area contributed by atoms with Crippen molar-refractivity contribution in [2.24, 2.45) is 0 Å². The first-order chi connectivity index (χ1) is 8.78. The van der Waals surface area contributed by atoms with E-state index in [1.165, 1.54) is 5.56 Å². The average molecular weight is 263 g/mol. The third-order valence-corrected chi connectivity index (χ3v) is 2.68. The highest BCUT2D eigenvalue weighted by molar-refractivity contribution is 6.29. The molecule has 1 aromatic carbocycles. The lowest BCUT2D eigenvalue weighted by molar-refractivity contribution is 0.325. The number of ether oxygens (including phenoxy) is 1. The Hall–Kier alpha value is -1.61. The minimum absolute atomic E-state index is 0.427. The van der Waals surface area contributed by atoms with Crippen LogP contribution in [-0.4, -0.2) is 16.6 Å². The molecule has 1 aromatic heterocycles. The molecule has 0 saturated carbocycles. The van der Waals surface area contributed by atoms with Crippen molar-refractivity contribution in [1.82, 2.24) is 9.97 Å². The number of aryl methyl sites for hydroxylation is 2. The van der Waals surface area contributed by atoms with Crippen LogP contribution in [0.3, 0.4) is 0 Å². The number of hydrogen-bond donors (Lipinski definition) is 0. The van der Waals surface area contributed by atoms with Crippen molar-refractivity contribution < 1.29 is 4.74 Å². The average Bonchev–Trinajstić information content (AvgIpc) is 2.37. The Labute approximate surface area is 112 Å². The van der Waals surface area contributed by atoms with Crippen LogP contribution in [0.1, 0.15) is 18.3 Å². The van der Waals surface area contributed by atoms with E-state index in [0.29, 0.717) is 17.6 Å². The van der Waals surface area contributed by atoms with Crippen molar-refractivity contribution in [2.45, 2.75) is 19.8 Å². The summed E-state index contributed by atoms with van der Waals surface area (Å²) in [6, 6.07) is 11.9. The number of hydrogen-bond acceptors (Lipinski definition) is 3. The summed E-state index contributed by atoms with van der Waals surface area (Å²) in [4.78, 5) is 8.53. The SMILES string of the molecule is CCOc1cc(Cl)nc(CCc2ccccc2)n1. The Bertz CT molecular complexity index is 502. The van der Waals surface area contributed by atoms with Crippen molar-refractivity contribution in [3.63, 3.8) is 0 Å². The topological polar surface area (TPSA) is 35.0 Å². The summed E-state index contributed by atoms with van der Waals surface area (Å²) in [6.45, 7) is 2.49. The van der Waals surface area contributed by atoms with Crippen LogP contribution in [0, 0.1) is 0 Å². The molecule has 0 aliphatic rings. The number of benzene rings is 1. The van der Waals surface area contributed by atoms with Crippen LogP contribution in [0.4, 0.5) is 0 Å². The minimum atomic E-state index is 0.427. The van der Waals surface area contributed by atoms with Crippen LogP contribution in [0.15, 0.2) is 36.4 Å². The van der Waals surface area contributed by atoms with Gasteiger partial charge in [0.05, 0.1) is 6.61 Å². The molecule has 0 amide bonds. The largest absolute Gasteiger partial charge is 0.478 e. The maximum atomic E-state index is 5.94. The fraction of sp³-hybridized carbons (Fsp3) is 0.286. The van der Waals surface area contributed by atoms with Gasteiger partial charge in [0.25, 0.3) is 0 Å². The van der Waals surface area contributed by atoms with E-state index >= 15 is 0 Å². The standard InChI is InChI=1S/C14H15ClN2O/c1-2-18-14-10-12(15)16-13(17-14)9-8-11-6-4-3-5-7-11/h3-7,10H,2,8-9H2,1H3. The van der Waals surface area contributed by atoms with E-state index in [4.69, 9.17) is 16.3 Å². The Morgan fingerprint density at radius 2 is 1.89 bits per heavy atom. The van der Waals surface area contributed by atoms with Gasteiger partial charge in [-0.05, 0) is 18.9 Å². The molecule has 0 spiro atoms. The molecule has 0 saturated heterocycles. The lowest BCUT2D eigenvalue weighted by Gasteiger charge is -2.05. The van der Waals surface area contributed by atoms with Crippen LogP contribution < -0.4 is 4.74 Å². The van der Waals surface area contributed by atoms with Crippen LogP contribution in [0.2, 0.25) is 5.15 Å². The first-order valence-electron chi connectivity index (χ1n) is 5.98. The van der Waals surface area contributed by atoms with Crippen LogP contribution >= 0.6 is 11.6 Å². The number of halogens is 1. The predicted molar refractivity (Wildman–Crippen MR) is 72.1 cm³/mol. The van der Waals surface area contributed by atoms with E-state index in [9.17, 15) is 0 Å². The van der Waals surface area contributed by atoms with Gasteiger partial charge in [0, 0.05) is 12.5 Å². The second kappa shape index (κ2) is 6.36. The van der Waals surface area contributed by atoms with Crippen molar-refractivity contribution >= 4 is 11.6 Å². The molecule has 0 atom stereocenters. The fourth-order valence-electron chi connectivity index (χ4n) is 1.68. The summed E-state index contributed by atoms with van der Waals surface area (Å²) >= 11 is 5.94. The van der Waals surface area contributed by atoms with Crippen molar-refractivity contribution in [3.05, 3.63) is 52.9 Å². The zero-order valence-corrected chi connectivity index (χ0v) is 11.0. The highest BCUT2D eigenvalue weighted by atomic mass is 35.5. The molecule has 0 aliphatic carbocycles. The lowest BCUT2D eigenvalue weighted by Crippen LogP contribution is -2.02. The maximum absolute atomic E-state index is 5.94. The van der Waals surface area contributed by atoms with Gasteiger partial charge in [0.15, 0.2) is 0 Å².